The number of benzene rings is 1. The van der Waals surface area contributed by atoms with Crippen LogP contribution in [-0.4, -0.2) is 43.0 Å². The maximum Gasteiger partial charge on any atom is 0.258 e. The van der Waals surface area contributed by atoms with Gasteiger partial charge < -0.3 is 15.4 Å². The first-order valence-electron chi connectivity index (χ1n) is 13.3. The van der Waals surface area contributed by atoms with E-state index in [4.69, 9.17) is 4.74 Å². The summed E-state index contributed by atoms with van der Waals surface area (Å²) in [5.74, 6) is 1.86. The smallest absolute Gasteiger partial charge is 0.258 e. The number of hydrogen-bond donors (Lipinski definition) is 2. The number of fused-ring (bicyclic) bond motifs is 1. The maximum absolute atomic E-state index is 13.6. The predicted molar refractivity (Wildman–Crippen MR) is 148 cm³/mol. The number of nitrogens with zero attached hydrogens (tertiary/aromatic N) is 1. The van der Waals surface area contributed by atoms with Gasteiger partial charge in [-0.3, -0.25) is 14.5 Å². The number of anilines is 2. The highest BCUT2D eigenvalue weighted by molar-refractivity contribution is 7.17. The second-order valence-electron chi connectivity index (χ2n) is 11.4. The van der Waals surface area contributed by atoms with Gasteiger partial charge in [-0.1, -0.05) is 27.7 Å². The van der Waals surface area contributed by atoms with Crippen LogP contribution in [0.3, 0.4) is 0 Å². The molecule has 4 rings (SSSR count). The molecule has 196 valence electrons. The number of likely N-dealkylation sites (tertiary alicyclic amines) is 1. The van der Waals surface area contributed by atoms with E-state index in [-0.39, 0.29) is 17.2 Å². The monoisotopic (exact) mass is 511 g/mol. The minimum absolute atomic E-state index is 0.0364. The van der Waals surface area contributed by atoms with Crippen molar-refractivity contribution in [2.45, 2.75) is 66.7 Å². The van der Waals surface area contributed by atoms with Crippen molar-refractivity contribution in [1.29, 1.82) is 0 Å². The van der Waals surface area contributed by atoms with Crippen molar-refractivity contribution in [3.05, 3.63) is 40.3 Å². The van der Waals surface area contributed by atoms with Gasteiger partial charge in [0.05, 0.1) is 18.7 Å². The summed E-state index contributed by atoms with van der Waals surface area (Å²) < 4.78 is 5.52. The van der Waals surface area contributed by atoms with Crippen LogP contribution < -0.4 is 15.4 Å². The predicted octanol–water partition coefficient (Wildman–Crippen LogP) is 6.22. The van der Waals surface area contributed by atoms with E-state index in [1.165, 1.54) is 4.88 Å². The van der Waals surface area contributed by atoms with Crippen LogP contribution in [0.15, 0.2) is 24.3 Å². The lowest BCUT2D eigenvalue weighted by Gasteiger charge is -2.33. The minimum Gasteiger partial charge on any atom is -0.494 e. The lowest BCUT2D eigenvalue weighted by Crippen LogP contribution is -2.38. The molecular weight excluding hydrogens is 470 g/mol. The summed E-state index contributed by atoms with van der Waals surface area (Å²) in [4.78, 5) is 30.1. The van der Waals surface area contributed by atoms with E-state index < -0.39 is 0 Å². The maximum atomic E-state index is 13.6. The lowest BCUT2D eigenvalue weighted by molar-refractivity contribution is -0.117. The Morgan fingerprint density at radius 1 is 1.08 bits per heavy atom. The highest BCUT2D eigenvalue weighted by Crippen LogP contribution is 2.44. The van der Waals surface area contributed by atoms with Crippen molar-refractivity contribution in [1.82, 2.24) is 4.90 Å². The molecule has 0 saturated carbocycles. The van der Waals surface area contributed by atoms with Crippen molar-refractivity contribution in [3.63, 3.8) is 0 Å². The van der Waals surface area contributed by atoms with Gasteiger partial charge >= 0.3 is 0 Å². The molecule has 1 atom stereocenters. The molecule has 7 heteroatoms. The van der Waals surface area contributed by atoms with Crippen LogP contribution in [0.4, 0.5) is 10.7 Å². The molecule has 2 aliphatic rings. The molecule has 1 aromatic heterocycles. The summed E-state index contributed by atoms with van der Waals surface area (Å²) in [6.07, 6.45) is 5.12. The Bertz CT molecular complexity index is 1060. The molecule has 1 fully saturated rings. The number of carbonyl (C=O) groups excluding carboxylic acids is 2. The number of nitrogens with one attached hydrogen (secondary N) is 2. The van der Waals surface area contributed by atoms with Crippen LogP contribution in [0, 0.1) is 17.3 Å². The van der Waals surface area contributed by atoms with Gasteiger partial charge in [0.1, 0.15) is 10.8 Å². The molecule has 1 aromatic carbocycles. The fourth-order valence-electron chi connectivity index (χ4n) is 5.24. The highest BCUT2D eigenvalue weighted by Gasteiger charge is 2.34. The van der Waals surface area contributed by atoms with Crippen molar-refractivity contribution in [2.24, 2.45) is 17.3 Å². The Labute approximate surface area is 219 Å². The first kappa shape index (κ1) is 26.7. The summed E-state index contributed by atoms with van der Waals surface area (Å²) in [5, 5.41) is 6.87. The standard InChI is InChI=1S/C29H41N3O3S/c1-6-35-22-10-8-21(9-11-22)30-27(34)26-23-12-7-20(29(3,4)5)17-24(23)36-28(26)31-25(33)18-32-15-13-19(2)14-16-32/h8-11,19-20H,6-7,12-18H2,1-5H3,(H,30,34)(H,31,33)/t20-/m1/s1. The van der Waals surface area contributed by atoms with E-state index in [0.29, 0.717) is 35.3 Å². The second kappa shape index (κ2) is 11.3. The van der Waals surface area contributed by atoms with Gasteiger partial charge in [-0.05, 0) is 99.2 Å². The number of hydrogen-bond acceptors (Lipinski definition) is 5. The normalized spacial score (nSPS) is 19.0. The number of ether oxygens (including phenoxy) is 1. The third-order valence-corrected chi connectivity index (χ3v) is 8.81. The molecule has 0 unspecified atom stereocenters. The molecule has 1 aliphatic heterocycles. The molecule has 1 aliphatic carbocycles. The Hall–Kier alpha value is -2.38. The van der Waals surface area contributed by atoms with Gasteiger partial charge in [-0.15, -0.1) is 11.3 Å². The summed E-state index contributed by atoms with van der Waals surface area (Å²) in [6.45, 7) is 14.0. The fraction of sp³-hybridized carbons (Fsp3) is 0.586. The number of rotatable bonds is 7. The quantitative estimate of drug-likeness (QED) is 0.463. The second-order valence-corrected chi connectivity index (χ2v) is 12.5. The summed E-state index contributed by atoms with van der Waals surface area (Å²) in [7, 11) is 0. The molecule has 0 bridgehead atoms. The van der Waals surface area contributed by atoms with Crippen LogP contribution in [0.1, 0.15) is 74.7 Å². The molecule has 2 amide bonds. The molecular formula is C29H41N3O3S. The average molecular weight is 512 g/mol. The van der Waals surface area contributed by atoms with Gasteiger partial charge in [-0.2, -0.15) is 0 Å². The van der Waals surface area contributed by atoms with Crippen molar-refractivity contribution in [2.75, 3.05) is 36.9 Å². The highest BCUT2D eigenvalue weighted by atomic mass is 32.1. The van der Waals surface area contributed by atoms with Gasteiger partial charge in [-0.25, -0.2) is 0 Å². The molecule has 0 spiro atoms. The number of amides is 2. The van der Waals surface area contributed by atoms with Crippen molar-refractivity contribution in [3.8, 4) is 5.75 Å². The Morgan fingerprint density at radius 2 is 1.78 bits per heavy atom. The largest absolute Gasteiger partial charge is 0.494 e. The third-order valence-electron chi connectivity index (χ3n) is 7.64. The summed E-state index contributed by atoms with van der Waals surface area (Å²) in [6, 6.07) is 7.43. The first-order chi connectivity index (χ1) is 17.1. The van der Waals surface area contributed by atoms with Crippen LogP contribution >= 0.6 is 11.3 Å². The van der Waals surface area contributed by atoms with Crippen molar-refractivity contribution >= 4 is 33.8 Å². The minimum atomic E-state index is -0.159. The van der Waals surface area contributed by atoms with Crippen LogP contribution in [-0.2, 0) is 17.6 Å². The van der Waals surface area contributed by atoms with Crippen LogP contribution in [0.2, 0.25) is 0 Å². The number of piperidine rings is 1. The van der Waals surface area contributed by atoms with E-state index in [1.54, 1.807) is 11.3 Å². The molecule has 1 saturated heterocycles. The van der Waals surface area contributed by atoms with E-state index in [9.17, 15) is 9.59 Å². The first-order valence-corrected chi connectivity index (χ1v) is 14.2. The number of carbonyl (C=O) groups is 2. The number of thiophene rings is 1. The summed E-state index contributed by atoms with van der Waals surface area (Å²) in [5.41, 5.74) is 2.66. The van der Waals surface area contributed by atoms with Gasteiger partial charge in [0.15, 0.2) is 0 Å². The summed E-state index contributed by atoms with van der Waals surface area (Å²) >= 11 is 1.59. The zero-order chi connectivity index (χ0) is 25.9. The molecule has 2 heterocycles. The van der Waals surface area contributed by atoms with Crippen molar-refractivity contribution < 1.29 is 14.3 Å². The Balaban J connectivity index is 1.55. The molecule has 2 N–H and O–H groups in total. The molecule has 6 nitrogen and oxygen atoms in total. The van der Waals surface area contributed by atoms with Crippen LogP contribution in [0.25, 0.3) is 0 Å². The van der Waals surface area contributed by atoms with Crippen LogP contribution in [0.5, 0.6) is 5.75 Å². The zero-order valence-corrected chi connectivity index (χ0v) is 23.2. The van der Waals surface area contributed by atoms with Gasteiger partial charge in [0.25, 0.3) is 5.91 Å². The average Bonchev–Trinajstić information content (AvgIpc) is 3.18. The molecule has 0 radical (unpaired) electrons. The fourth-order valence-corrected chi connectivity index (χ4v) is 6.58. The lowest BCUT2D eigenvalue weighted by atomic mass is 9.72. The van der Waals surface area contributed by atoms with E-state index >= 15 is 0 Å². The Morgan fingerprint density at radius 3 is 2.42 bits per heavy atom. The zero-order valence-electron chi connectivity index (χ0n) is 22.4. The van der Waals surface area contributed by atoms with Gasteiger partial charge in [0, 0.05) is 10.6 Å². The third kappa shape index (κ3) is 6.48. The molecule has 36 heavy (non-hydrogen) atoms. The topological polar surface area (TPSA) is 70.7 Å². The Kier molecular flexibility index (Phi) is 8.41. The SMILES string of the molecule is CCOc1ccc(NC(=O)c2c(NC(=O)CN3CCC(C)CC3)sc3c2CC[C@@H](C(C)(C)C)C3)cc1. The van der Waals surface area contributed by atoms with E-state index in [2.05, 4.69) is 43.2 Å². The van der Waals surface area contributed by atoms with Gasteiger partial charge in [0.2, 0.25) is 5.91 Å². The molecule has 2 aromatic rings. The van der Waals surface area contributed by atoms with E-state index in [1.807, 2.05) is 31.2 Å². The van der Waals surface area contributed by atoms with E-state index in [0.717, 1.165) is 62.4 Å².